The van der Waals surface area contributed by atoms with Gasteiger partial charge in [0.2, 0.25) is 11.8 Å². The molecule has 2 N–H and O–H groups in total. The van der Waals surface area contributed by atoms with E-state index in [-0.39, 0.29) is 35.7 Å². The number of rotatable bonds is 7. The predicted molar refractivity (Wildman–Crippen MR) is 119 cm³/mol. The summed E-state index contributed by atoms with van der Waals surface area (Å²) in [6.45, 7) is 5.03. The lowest BCUT2D eigenvalue weighted by Crippen LogP contribution is -2.58. The van der Waals surface area contributed by atoms with E-state index in [2.05, 4.69) is 32.2 Å². The Morgan fingerprint density at radius 2 is 1.88 bits per heavy atom. The molecule has 3 atom stereocenters. The number of benzene rings is 1. The number of fused-ring (bicyclic) bond motifs is 1. The molecular weight excluding hydrogens is 451 g/mol. The third-order valence-electron chi connectivity index (χ3n) is 6.92. The van der Waals surface area contributed by atoms with Crippen molar-refractivity contribution in [2.45, 2.75) is 50.3 Å². The molecule has 4 rings (SSSR count). The minimum Gasteiger partial charge on any atom is -0.406 e. The van der Waals surface area contributed by atoms with Crippen LogP contribution < -0.4 is 15.4 Å². The third kappa shape index (κ3) is 6.39. The Labute approximate surface area is 197 Å². The number of alkyl halides is 3. The van der Waals surface area contributed by atoms with Crippen LogP contribution in [0, 0.1) is 0 Å². The molecule has 8 nitrogen and oxygen atoms in total. The van der Waals surface area contributed by atoms with Crippen molar-refractivity contribution in [3.63, 3.8) is 0 Å². The number of hydrogen-bond acceptors (Lipinski definition) is 6. The zero-order valence-electron chi connectivity index (χ0n) is 19.3. The summed E-state index contributed by atoms with van der Waals surface area (Å²) in [6.07, 6.45) is -2.88. The molecule has 0 aromatic heterocycles. The van der Waals surface area contributed by atoms with E-state index in [0.717, 1.165) is 31.7 Å². The van der Waals surface area contributed by atoms with Crippen molar-refractivity contribution in [1.29, 1.82) is 0 Å². The van der Waals surface area contributed by atoms with Crippen LogP contribution in [0.4, 0.5) is 13.2 Å². The van der Waals surface area contributed by atoms with Crippen molar-refractivity contribution in [3.05, 3.63) is 29.8 Å². The van der Waals surface area contributed by atoms with E-state index in [1.807, 2.05) is 4.90 Å². The highest BCUT2D eigenvalue weighted by atomic mass is 19.4. The summed E-state index contributed by atoms with van der Waals surface area (Å²) in [4.78, 5) is 31.4. The number of nitrogens with zero attached hydrogens (tertiary/aromatic N) is 3. The summed E-state index contributed by atoms with van der Waals surface area (Å²) in [5, 5.41) is 6.41. The van der Waals surface area contributed by atoms with Crippen LogP contribution in [0.5, 0.6) is 5.75 Å². The van der Waals surface area contributed by atoms with Crippen molar-refractivity contribution < 1.29 is 27.5 Å². The van der Waals surface area contributed by atoms with Gasteiger partial charge in [-0.15, -0.1) is 13.2 Å². The number of amides is 2. The maximum Gasteiger partial charge on any atom is 0.573 e. The van der Waals surface area contributed by atoms with E-state index in [4.69, 9.17) is 0 Å². The fourth-order valence-electron chi connectivity index (χ4n) is 4.97. The van der Waals surface area contributed by atoms with Crippen LogP contribution in [-0.4, -0.2) is 97.3 Å². The Hall–Kier alpha value is -2.37. The maximum atomic E-state index is 12.6. The number of ether oxygens (including phenoxy) is 1. The monoisotopic (exact) mass is 483 g/mol. The average Bonchev–Trinajstić information content (AvgIpc) is 3.23. The predicted octanol–water partition coefficient (Wildman–Crippen LogP) is 1.17. The number of halogens is 3. The summed E-state index contributed by atoms with van der Waals surface area (Å²) in [6, 6.07) is 5.75. The van der Waals surface area contributed by atoms with Gasteiger partial charge in [-0.05, 0) is 37.6 Å². The number of hydrogen-bond donors (Lipinski definition) is 2. The van der Waals surface area contributed by atoms with Gasteiger partial charge in [-0.1, -0.05) is 12.1 Å². The molecule has 0 saturated carbocycles. The highest BCUT2D eigenvalue weighted by molar-refractivity contribution is 5.83. The molecule has 2 amide bonds. The highest BCUT2D eigenvalue weighted by Gasteiger charge is 2.43. The Balaban J connectivity index is 1.26. The molecule has 3 aliphatic heterocycles. The minimum absolute atomic E-state index is 0.0135. The molecule has 0 spiro atoms. The summed E-state index contributed by atoms with van der Waals surface area (Å²) in [7, 11) is 2.06. The molecule has 3 heterocycles. The highest BCUT2D eigenvalue weighted by Crippen LogP contribution is 2.27. The molecule has 0 bridgehead atoms. The van der Waals surface area contributed by atoms with E-state index in [9.17, 15) is 22.8 Å². The standard InChI is InChI=1S/C23H32F3N5O3/c1-29-8-10-30(11-9-29)21(32)7-4-18-14-28-22(33)20-12-17(15-31(18)20)27-13-16-2-5-19(6-3-16)34-23(24,25)26/h2-3,5-6,17-18,20,27H,4,7-15H2,1H3,(H,28,33)/t17-,18+,20-/m0/s1. The van der Waals surface area contributed by atoms with Gasteiger partial charge in [-0.3, -0.25) is 14.5 Å². The van der Waals surface area contributed by atoms with Gasteiger partial charge in [0.1, 0.15) is 5.75 Å². The smallest absolute Gasteiger partial charge is 0.406 e. The molecule has 34 heavy (non-hydrogen) atoms. The van der Waals surface area contributed by atoms with Gasteiger partial charge in [-0.25, -0.2) is 0 Å². The number of carbonyl (C=O) groups excluding carboxylic acids is 2. The van der Waals surface area contributed by atoms with Gasteiger partial charge in [0, 0.05) is 64.3 Å². The van der Waals surface area contributed by atoms with Crippen LogP contribution in [0.25, 0.3) is 0 Å². The summed E-state index contributed by atoms with van der Waals surface area (Å²) >= 11 is 0. The molecule has 3 saturated heterocycles. The molecule has 1 aromatic rings. The first-order valence-electron chi connectivity index (χ1n) is 11.8. The zero-order valence-corrected chi connectivity index (χ0v) is 19.3. The summed E-state index contributed by atoms with van der Waals surface area (Å²) in [5.74, 6) is -0.0622. The average molecular weight is 484 g/mol. The molecule has 0 unspecified atom stereocenters. The van der Waals surface area contributed by atoms with Crippen molar-refractivity contribution in [3.8, 4) is 5.75 Å². The number of likely N-dealkylation sites (N-methyl/N-ethyl adjacent to an activating group) is 1. The van der Waals surface area contributed by atoms with Crippen molar-refractivity contribution in [1.82, 2.24) is 25.3 Å². The van der Waals surface area contributed by atoms with Gasteiger partial charge >= 0.3 is 6.36 Å². The first kappa shape index (κ1) is 24.7. The second kappa shape index (κ2) is 10.5. The van der Waals surface area contributed by atoms with Gasteiger partial charge in [0.25, 0.3) is 0 Å². The van der Waals surface area contributed by atoms with E-state index in [1.54, 1.807) is 12.1 Å². The second-order valence-corrected chi connectivity index (χ2v) is 9.34. The topological polar surface area (TPSA) is 77.1 Å². The quantitative estimate of drug-likeness (QED) is 0.607. The third-order valence-corrected chi connectivity index (χ3v) is 6.92. The Bertz CT molecular complexity index is 858. The van der Waals surface area contributed by atoms with Crippen LogP contribution >= 0.6 is 0 Å². The first-order chi connectivity index (χ1) is 16.2. The van der Waals surface area contributed by atoms with Gasteiger partial charge < -0.3 is 25.2 Å². The van der Waals surface area contributed by atoms with Crippen LogP contribution in [0.3, 0.4) is 0 Å². The number of carbonyl (C=O) groups is 2. The molecule has 188 valence electrons. The van der Waals surface area contributed by atoms with Crippen LogP contribution in [0.15, 0.2) is 24.3 Å². The zero-order chi connectivity index (χ0) is 24.3. The first-order valence-corrected chi connectivity index (χ1v) is 11.8. The number of piperazine rings is 2. The van der Waals surface area contributed by atoms with Crippen molar-refractivity contribution >= 4 is 11.8 Å². The number of nitrogens with one attached hydrogen (secondary N) is 2. The maximum absolute atomic E-state index is 12.6. The molecule has 3 aliphatic rings. The van der Waals surface area contributed by atoms with Crippen LogP contribution in [0.2, 0.25) is 0 Å². The molecular formula is C23H32F3N5O3. The fraction of sp³-hybridized carbons (Fsp3) is 0.652. The molecule has 0 aliphatic carbocycles. The van der Waals surface area contributed by atoms with E-state index >= 15 is 0 Å². The van der Waals surface area contributed by atoms with Crippen LogP contribution in [-0.2, 0) is 16.1 Å². The Kier molecular flexibility index (Phi) is 7.63. The molecule has 0 radical (unpaired) electrons. The van der Waals surface area contributed by atoms with Gasteiger partial charge in [-0.2, -0.15) is 0 Å². The van der Waals surface area contributed by atoms with E-state index < -0.39 is 6.36 Å². The van der Waals surface area contributed by atoms with Crippen LogP contribution in [0.1, 0.15) is 24.8 Å². The Morgan fingerprint density at radius 1 is 1.18 bits per heavy atom. The second-order valence-electron chi connectivity index (χ2n) is 9.34. The largest absolute Gasteiger partial charge is 0.573 e. The summed E-state index contributed by atoms with van der Waals surface area (Å²) in [5.41, 5.74) is 0.832. The summed E-state index contributed by atoms with van der Waals surface area (Å²) < 4.78 is 40.9. The Morgan fingerprint density at radius 3 is 2.56 bits per heavy atom. The van der Waals surface area contributed by atoms with Gasteiger partial charge in [0.15, 0.2) is 0 Å². The lowest BCUT2D eigenvalue weighted by Gasteiger charge is -2.38. The van der Waals surface area contributed by atoms with E-state index in [0.29, 0.717) is 38.9 Å². The van der Waals surface area contributed by atoms with Gasteiger partial charge in [0.05, 0.1) is 6.04 Å². The molecule has 1 aromatic carbocycles. The fourth-order valence-corrected chi connectivity index (χ4v) is 4.97. The van der Waals surface area contributed by atoms with Crippen molar-refractivity contribution in [2.75, 3.05) is 46.3 Å². The van der Waals surface area contributed by atoms with Crippen molar-refractivity contribution in [2.24, 2.45) is 0 Å². The SMILES string of the molecule is CN1CCN(C(=O)CC[C@@H]2CNC(=O)[C@@H]3C[C@H](NCc4ccc(OC(F)(F)F)cc4)CN23)CC1. The lowest BCUT2D eigenvalue weighted by molar-refractivity contribution is -0.274. The van der Waals surface area contributed by atoms with E-state index in [1.165, 1.54) is 12.1 Å². The normalized spacial score (nSPS) is 26.3. The molecule has 3 fully saturated rings. The molecule has 11 heteroatoms. The minimum atomic E-state index is -4.71. The lowest BCUT2D eigenvalue weighted by atomic mass is 10.0.